The van der Waals surface area contributed by atoms with Gasteiger partial charge in [0.1, 0.15) is 17.3 Å². The summed E-state index contributed by atoms with van der Waals surface area (Å²) in [6.07, 6.45) is 4.82. The Kier molecular flexibility index (Phi) is 4.18. The molecule has 5 heteroatoms. The second-order valence-electron chi connectivity index (χ2n) is 4.24. The third-order valence-corrected chi connectivity index (χ3v) is 3.41. The lowest BCUT2D eigenvalue weighted by molar-refractivity contribution is 0.00291. The van der Waals surface area contributed by atoms with Crippen LogP contribution in [0.25, 0.3) is 0 Å². The van der Waals surface area contributed by atoms with E-state index < -0.39 is 0 Å². The van der Waals surface area contributed by atoms with Crippen LogP contribution in [0.4, 0.5) is 5.82 Å². The zero-order valence-electron chi connectivity index (χ0n) is 10.2. The smallest absolute Gasteiger partial charge is 0.137 e. The topological polar surface area (TPSA) is 47.0 Å². The van der Waals surface area contributed by atoms with Gasteiger partial charge in [-0.15, -0.1) is 0 Å². The first-order valence-electron chi connectivity index (χ1n) is 6.12. The molecule has 0 spiro atoms. The highest BCUT2D eigenvalue weighted by atomic mass is 35.5. The lowest BCUT2D eigenvalue weighted by atomic mass is 9.89. The molecule has 1 saturated carbocycles. The van der Waals surface area contributed by atoms with Crippen LogP contribution in [0.15, 0.2) is 6.33 Å². The van der Waals surface area contributed by atoms with E-state index in [9.17, 15) is 0 Å². The van der Waals surface area contributed by atoms with E-state index in [4.69, 9.17) is 16.3 Å². The van der Waals surface area contributed by atoms with E-state index in [1.165, 1.54) is 6.33 Å². The number of aromatic nitrogens is 2. The normalized spacial score (nSPS) is 23.2. The highest BCUT2D eigenvalue weighted by Crippen LogP contribution is 2.28. The van der Waals surface area contributed by atoms with Gasteiger partial charge in [-0.1, -0.05) is 18.5 Å². The van der Waals surface area contributed by atoms with Crippen molar-refractivity contribution in [1.82, 2.24) is 9.97 Å². The molecule has 0 atom stereocenters. The average molecular weight is 256 g/mol. The molecular weight excluding hydrogens is 238 g/mol. The van der Waals surface area contributed by atoms with Gasteiger partial charge >= 0.3 is 0 Å². The van der Waals surface area contributed by atoms with Gasteiger partial charge in [0.2, 0.25) is 0 Å². The maximum absolute atomic E-state index is 6.04. The molecule has 1 aliphatic rings. The maximum atomic E-state index is 6.04. The van der Waals surface area contributed by atoms with Crippen molar-refractivity contribution in [3.8, 4) is 0 Å². The van der Waals surface area contributed by atoms with Crippen molar-refractivity contribution in [3.05, 3.63) is 17.0 Å². The molecule has 1 aromatic rings. The van der Waals surface area contributed by atoms with Gasteiger partial charge in [-0.05, 0) is 26.2 Å². The van der Waals surface area contributed by atoms with Crippen LogP contribution in [0.2, 0.25) is 5.15 Å². The minimum Gasteiger partial charge on any atom is -0.378 e. The summed E-state index contributed by atoms with van der Waals surface area (Å²) in [6, 6.07) is 0.447. The van der Waals surface area contributed by atoms with Crippen molar-refractivity contribution in [3.63, 3.8) is 0 Å². The van der Waals surface area contributed by atoms with Crippen molar-refractivity contribution >= 4 is 17.4 Å². The molecule has 0 bridgehead atoms. The van der Waals surface area contributed by atoms with Crippen molar-refractivity contribution < 1.29 is 4.74 Å². The summed E-state index contributed by atoms with van der Waals surface area (Å²) in [5, 5.41) is 3.96. The Balaban J connectivity index is 1.94. The summed E-state index contributed by atoms with van der Waals surface area (Å²) >= 11 is 6.04. The van der Waals surface area contributed by atoms with Crippen LogP contribution in [0.1, 0.15) is 32.3 Å². The van der Waals surface area contributed by atoms with Crippen LogP contribution in [-0.2, 0) is 11.2 Å². The Morgan fingerprint density at radius 3 is 2.82 bits per heavy atom. The quantitative estimate of drug-likeness (QED) is 0.822. The van der Waals surface area contributed by atoms with Gasteiger partial charge < -0.3 is 10.1 Å². The van der Waals surface area contributed by atoms with Crippen LogP contribution >= 0.6 is 11.6 Å². The van der Waals surface area contributed by atoms with E-state index in [2.05, 4.69) is 22.2 Å². The first kappa shape index (κ1) is 12.6. The molecule has 1 heterocycles. The summed E-state index contributed by atoms with van der Waals surface area (Å²) in [7, 11) is 0. The summed E-state index contributed by atoms with van der Waals surface area (Å²) < 4.78 is 5.53. The van der Waals surface area contributed by atoms with Crippen molar-refractivity contribution in [2.24, 2.45) is 0 Å². The lowest BCUT2D eigenvalue weighted by Gasteiger charge is -2.36. The van der Waals surface area contributed by atoms with Crippen molar-refractivity contribution in [2.75, 3.05) is 11.9 Å². The van der Waals surface area contributed by atoms with Gasteiger partial charge in [-0.3, -0.25) is 0 Å². The molecule has 1 aliphatic carbocycles. The monoisotopic (exact) mass is 255 g/mol. The molecule has 17 heavy (non-hydrogen) atoms. The molecule has 1 fully saturated rings. The summed E-state index contributed by atoms with van der Waals surface area (Å²) in [6.45, 7) is 4.87. The molecule has 1 N–H and O–H groups in total. The van der Waals surface area contributed by atoms with Gasteiger partial charge in [0, 0.05) is 18.2 Å². The standard InChI is InChI=1S/C12H18ClN3O/c1-3-10-11(13)14-7-15-12(10)16-8-5-9(6-8)17-4-2/h7-9H,3-6H2,1-2H3,(H,14,15,16). The Labute approximate surface area is 107 Å². The van der Waals surface area contributed by atoms with Gasteiger partial charge in [0.05, 0.1) is 6.10 Å². The van der Waals surface area contributed by atoms with E-state index in [0.29, 0.717) is 17.3 Å². The number of halogens is 1. The summed E-state index contributed by atoms with van der Waals surface area (Å²) in [4.78, 5) is 8.25. The van der Waals surface area contributed by atoms with E-state index in [0.717, 1.165) is 37.3 Å². The number of hydrogen-bond donors (Lipinski definition) is 1. The number of nitrogens with one attached hydrogen (secondary N) is 1. The predicted octanol–water partition coefficient (Wildman–Crippen LogP) is 2.67. The van der Waals surface area contributed by atoms with Gasteiger partial charge in [-0.2, -0.15) is 0 Å². The molecule has 2 rings (SSSR count). The predicted molar refractivity (Wildman–Crippen MR) is 68.5 cm³/mol. The van der Waals surface area contributed by atoms with Gasteiger partial charge in [0.25, 0.3) is 0 Å². The molecule has 0 radical (unpaired) electrons. The van der Waals surface area contributed by atoms with Crippen molar-refractivity contribution in [1.29, 1.82) is 0 Å². The lowest BCUT2D eigenvalue weighted by Crippen LogP contribution is -2.41. The van der Waals surface area contributed by atoms with E-state index >= 15 is 0 Å². The zero-order valence-corrected chi connectivity index (χ0v) is 11.0. The van der Waals surface area contributed by atoms with E-state index in [1.807, 2.05) is 6.92 Å². The molecule has 0 unspecified atom stereocenters. The van der Waals surface area contributed by atoms with Gasteiger partial charge in [-0.25, -0.2) is 9.97 Å². The number of ether oxygens (including phenoxy) is 1. The second kappa shape index (κ2) is 5.65. The summed E-state index contributed by atoms with van der Waals surface area (Å²) in [5.41, 5.74) is 0.994. The second-order valence-corrected chi connectivity index (χ2v) is 4.59. The van der Waals surface area contributed by atoms with Crippen molar-refractivity contribution in [2.45, 2.75) is 45.3 Å². The number of nitrogens with zero attached hydrogens (tertiary/aromatic N) is 2. The Bertz CT molecular complexity index is 380. The summed E-state index contributed by atoms with van der Waals surface area (Å²) in [5.74, 6) is 0.868. The van der Waals surface area contributed by atoms with Crippen LogP contribution < -0.4 is 5.32 Å². The third-order valence-electron chi connectivity index (χ3n) is 3.08. The SMILES string of the molecule is CCOC1CC(Nc2ncnc(Cl)c2CC)C1. The minimum atomic E-state index is 0.403. The molecule has 0 amide bonds. The largest absolute Gasteiger partial charge is 0.378 e. The first-order valence-corrected chi connectivity index (χ1v) is 6.49. The Morgan fingerprint density at radius 1 is 1.41 bits per heavy atom. The fraction of sp³-hybridized carbons (Fsp3) is 0.667. The molecule has 4 nitrogen and oxygen atoms in total. The maximum Gasteiger partial charge on any atom is 0.137 e. The van der Waals surface area contributed by atoms with Crippen LogP contribution in [0.5, 0.6) is 0 Å². The molecule has 0 saturated heterocycles. The van der Waals surface area contributed by atoms with Gasteiger partial charge in [0.15, 0.2) is 0 Å². The molecule has 94 valence electrons. The molecule has 0 aromatic carbocycles. The van der Waals surface area contributed by atoms with E-state index in [-0.39, 0.29) is 0 Å². The van der Waals surface area contributed by atoms with Crippen LogP contribution in [-0.4, -0.2) is 28.7 Å². The van der Waals surface area contributed by atoms with Crippen LogP contribution in [0, 0.1) is 0 Å². The highest BCUT2D eigenvalue weighted by molar-refractivity contribution is 6.30. The minimum absolute atomic E-state index is 0.403. The van der Waals surface area contributed by atoms with E-state index in [1.54, 1.807) is 0 Å². The fourth-order valence-corrected chi connectivity index (χ4v) is 2.34. The highest BCUT2D eigenvalue weighted by Gasteiger charge is 2.30. The first-order chi connectivity index (χ1) is 8.24. The number of anilines is 1. The third kappa shape index (κ3) is 2.87. The molecule has 1 aromatic heterocycles. The fourth-order valence-electron chi connectivity index (χ4n) is 2.08. The Morgan fingerprint density at radius 2 is 2.18 bits per heavy atom. The Hall–Kier alpha value is -0.870. The average Bonchev–Trinajstić information content (AvgIpc) is 2.26. The molecule has 0 aliphatic heterocycles. The zero-order chi connectivity index (χ0) is 12.3. The number of hydrogen-bond acceptors (Lipinski definition) is 4. The van der Waals surface area contributed by atoms with Crippen LogP contribution in [0.3, 0.4) is 0 Å². The molecular formula is C12H18ClN3O. The number of rotatable bonds is 5.